The Morgan fingerprint density at radius 3 is 1.89 bits per heavy atom. The minimum absolute atomic E-state index is 0.00415. The van der Waals surface area contributed by atoms with Gasteiger partial charge in [0.15, 0.2) is 0 Å². The molecule has 1 N–H and O–H groups in total. The molecule has 0 unspecified atom stereocenters. The van der Waals surface area contributed by atoms with Gasteiger partial charge in [-0.2, -0.15) is 0 Å². The van der Waals surface area contributed by atoms with Crippen LogP contribution in [0.15, 0.2) is 87.0 Å². The van der Waals surface area contributed by atoms with Gasteiger partial charge in [0.1, 0.15) is 11.1 Å². The minimum atomic E-state index is -0.677. The number of benzene rings is 1. The molecule has 47 heavy (non-hydrogen) atoms. The molecular weight excluding hydrogens is 598 g/mol. The first-order valence-electron chi connectivity index (χ1n) is 15.7. The highest BCUT2D eigenvalue weighted by atomic mass is 16.3. The van der Waals surface area contributed by atoms with Crippen LogP contribution in [0.25, 0.3) is 11.6 Å². The summed E-state index contributed by atoms with van der Waals surface area (Å²) < 4.78 is 1.95. The second-order valence-electron chi connectivity index (χ2n) is 11.2. The Morgan fingerprint density at radius 2 is 1.34 bits per heavy atom. The number of urea groups is 1. The number of nitrogens with zero attached hydrogens (tertiary/aromatic N) is 5. The molecule has 0 atom stereocenters. The first-order valence-corrected chi connectivity index (χ1v) is 15.7. The summed E-state index contributed by atoms with van der Waals surface area (Å²) in [6, 6.07) is 9.09. The number of likely N-dealkylation sites (N-methyl/N-ethyl adjacent to an activating group) is 2. The Hall–Kier alpha value is -5.03. The first-order chi connectivity index (χ1) is 22.4. The van der Waals surface area contributed by atoms with Gasteiger partial charge >= 0.3 is 11.7 Å². The van der Waals surface area contributed by atoms with E-state index in [2.05, 4.69) is 25.7 Å². The zero-order valence-corrected chi connectivity index (χ0v) is 28.3. The number of aromatic hydroxyl groups is 1. The number of rotatable bonds is 8. The lowest BCUT2D eigenvalue weighted by atomic mass is 9.83. The van der Waals surface area contributed by atoms with Crippen molar-refractivity contribution >= 4 is 29.5 Å². The van der Waals surface area contributed by atoms with Gasteiger partial charge in [0.25, 0.3) is 17.4 Å². The molecule has 0 spiro atoms. The van der Waals surface area contributed by atoms with E-state index in [0.717, 1.165) is 60.5 Å². The predicted octanol–water partition coefficient (Wildman–Crippen LogP) is 4.25. The van der Waals surface area contributed by atoms with Crippen LogP contribution < -0.4 is 11.2 Å². The highest BCUT2D eigenvalue weighted by Crippen LogP contribution is 2.37. The van der Waals surface area contributed by atoms with Crippen molar-refractivity contribution in [3.63, 3.8) is 0 Å². The fraction of sp³-hybridized carbons (Fsp3) is 0.361. The quantitative estimate of drug-likeness (QED) is 0.337. The molecule has 1 aromatic heterocycles. The van der Waals surface area contributed by atoms with Gasteiger partial charge in [0.05, 0.1) is 0 Å². The molecule has 1 aliphatic heterocycles. The fourth-order valence-corrected chi connectivity index (χ4v) is 5.43. The van der Waals surface area contributed by atoms with Gasteiger partial charge in [-0.25, -0.2) is 9.59 Å². The van der Waals surface area contributed by atoms with Crippen molar-refractivity contribution in [2.75, 3.05) is 33.7 Å². The SMILES string of the molecule is CCN(CC)CC.CN1C(=O)C(=C/C=C/C2=C(c3ccccc3)C(=C/C=C/c3c(O)n(C)c(=O)n(C)c3=O)/CCC2)C(=O)N(C)C1=O. The topological polar surface area (TPSA) is 125 Å². The monoisotopic (exact) mass is 643 g/mol. The normalized spacial score (nSPS) is 16.6. The first kappa shape index (κ1) is 36.4. The summed E-state index contributed by atoms with van der Waals surface area (Å²) in [6.07, 6.45) is 12.3. The number of aromatic nitrogens is 2. The summed E-state index contributed by atoms with van der Waals surface area (Å²) in [5.41, 5.74) is 2.63. The molecule has 1 fully saturated rings. The van der Waals surface area contributed by atoms with Crippen LogP contribution in [0.5, 0.6) is 5.88 Å². The molecule has 2 aliphatic rings. The van der Waals surface area contributed by atoms with Gasteiger partial charge in [-0.1, -0.05) is 75.4 Å². The van der Waals surface area contributed by atoms with Gasteiger partial charge in [-0.3, -0.25) is 33.3 Å². The van der Waals surface area contributed by atoms with E-state index < -0.39 is 35.0 Å². The number of carbonyl (C=O) groups is 3. The molecular formula is C36H45N5O6. The van der Waals surface area contributed by atoms with Crippen molar-refractivity contribution in [1.29, 1.82) is 0 Å². The predicted molar refractivity (Wildman–Crippen MR) is 185 cm³/mol. The van der Waals surface area contributed by atoms with Gasteiger partial charge in [-0.05, 0) is 73.3 Å². The summed E-state index contributed by atoms with van der Waals surface area (Å²) in [4.78, 5) is 65.8. The van der Waals surface area contributed by atoms with Gasteiger partial charge in [0.2, 0.25) is 5.88 Å². The Balaban J connectivity index is 0.000000771. The fourth-order valence-electron chi connectivity index (χ4n) is 5.43. The second-order valence-corrected chi connectivity index (χ2v) is 11.2. The molecule has 0 radical (unpaired) electrons. The Bertz CT molecular complexity index is 1740. The van der Waals surface area contributed by atoms with Crippen LogP contribution >= 0.6 is 0 Å². The molecule has 11 nitrogen and oxygen atoms in total. The Morgan fingerprint density at radius 1 is 0.766 bits per heavy atom. The molecule has 4 amide bonds. The Kier molecular flexibility index (Phi) is 12.8. The van der Waals surface area contributed by atoms with E-state index in [9.17, 15) is 29.1 Å². The second kappa shape index (κ2) is 16.5. The van der Waals surface area contributed by atoms with Gasteiger partial charge < -0.3 is 10.0 Å². The number of imide groups is 2. The molecule has 2 heterocycles. The number of hydrogen-bond acceptors (Lipinski definition) is 7. The van der Waals surface area contributed by atoms with Gasteiger partial charge in [0, 0.05) is 28.2 Å². The zero-order chi connectivity index (χ0) is 34.8. The molecule has 0 bridgehead atoms. The average Bonchev–Trinajstić information content (AvgIpc) is 3.09. The van der Waals surface area contributed by atoms with E-state index in [1.165, 1.54) is 60.0 Å². The van der Waals surface area contributed by atoms with E-state index in [1.54, 1.807) is 12.2 Å². The third kappa shape index (κ3) is 8.23. The lowest BCUT2D eigenvalue weighted by molar-refractivity contribution is -0.134. The molecule has 0 saturated carbocycles. The van der Waals surface area contributed by atoms with Crippen LogP contribution in [0.4, 0.5) is 4.79 Å². The molecule has 1 aliphatic carbocycles. The van der Waals surface area contributed by atoms with Crippen LogP contribution in [0.2, 0.25) is 0 Å². The van der Waals surface area contributed by atoms with Crippen LogP contribution in [-0.4, -0.2) is 80.5 Å². The van der Waals surface area contributed by atoms with Crippen molar-refractivity contribution in [2.45, 2.75) is 40.0 Å². The summed E-state index contributed by atoms with van der Waals surface area (Å²) in [6.45, 7) is 10.1. The number of barbiturate groups is 1. The van der Waals surface area contributed by atoms with E-state index in [1.807, 2.05) is 42.5 Å². The number of amides is 4. The molecule has 2 aromatic rings. The van der Waals surface area contributed by atoms with Gasteiger partial charge in [-0.15, -0.1) is 0 Å². The maximum atomic E-state index is 12.6. The Labute approximate surface area is 275 Å². The number of allylic oxidation sites excluding steroid dienone is 8. The molecule has 250 valence electrons. The largest absolute Gasteiger partial charge is 0.494 e. The van der Waals surface area contributed by atoms with E-state index >= 15 is 0 Å². The third-order valence-electron chi connectivity index (χ3n) is 8.37. The minimum Gasteiger partial charge on any atom is -0.494 e. The smallest absolute Gasteiger partial charge is 0.333 e. The standard InChI is InChI=1S/C30H30N4O6.C6H15N/c1-31-25(35)22(26(36)32(2)29(31)39)17-9-15-20-13-8-14-21(24(20)19-11-6-5-7-12-19)16-10-18-23-27(37)33(3)30(40)34(4)28(23)38;1-4-7(5-2)6-3/h5-7,9-12,15-18,35H,8,13-14H2,1-4H3;4-6H2,1-3H3/b16-10+,17-9+,20-15+;. The van der Waals surface area contributed by atoms with Crippen molar-refractivity contribution in [2.24, 2.45) is 14.1 Å². The highest BCUT2D eigenvalue weighted by Gasteiger charge is 2.37. The average molecular weight is 644 g/mol. The van der Waals surface area contributed by atoms with E-state index in [4.69, 9.17) is 0 Å². The zero-order valence-electron chi connectivity index (χ0n) is 28.3. The lowest BCUT2D eigenvalue weighted by Crippen LogP contribution is -2.52. The molecule has 11 heteroatoms. The van der Waals surface area contributed by atoms with Crippen LogP contribution in [0.1, 0.15) is 51.2 Å². The molecule has 4 rings (SSSR count). The number of hydrogen-bond donors (Lipinski definition) is 1. The highest BCUT2D eigenvalue weighted by molar-refractivity contribution is 6.28. The molecule has 1 aromatic carbocycles. The third-order valence-corrected chi connectivity index (χ3v) is 8.37. The summed E-state index contributed by atoms with van der Waals surface area (Å²) >= 11 is 0. The van der Waals surface area contributed by atoms with Crippen molar-refractivity contribution in [3.8, 4) is 5.88 Å². The van der Waals surface area contributed by atoms with Crippen molar-refractivity contribution in [3.05, 3.63) is 109 Å². The van der Waals surface area contributed by atoms with Crippen LogP contribution in [0.3, 0.4) is 0 Å². The van der Waals surface area contributed by atoms with Crippen molar-refractivity contribution in [1.82, 2.24) is 23.8 Å². The maximum absolute atomic E-state index is 12.6. The maximum Gasteiger partial charge on any atom is 0.333 e. The summed E-state index contributed by atoms with van der Waals surface area (Å²) in [5, 5.41) is 10.4. The summed E-state index contributed by atoms with van der Waals surface area (Å²) in [7, 11) is 5.41. The van der Waals surface area contributed by atoms with Crippen LogP contribution in [-0.2, 0) is 23.7 Å². The van der Waals surface area contributed by atoms with Crippen molar-refractivity contribution < 1.29 is 19.5 Å². The lowest BCUT2D eigenvalue weighted by Gasteiger charge is -2.28. The van der Waals surface area contributed by atoms with E-state index in [0.29, 0.717) is 0 Å². The summed E-state index contributed by atoms with van der Waals surface area (Å²) in [5.74, 6) is -1.72. The van der Waals surface area contributed by atoms with Crippen LogP contribution in [0, 0.1) is 0 Å². The number of carbonyl (C=O) groups excluding carboxylic acids is 3. The molecule has 1 saturated heterocycles. The van der Waals surface area contributed by atoms with E-state index in [-0.39, 0.29) is 11.1 Å².